The second-order valence-electron chi connectivity index (χ2n) is 6.25. The van der Waals surface area contributed by atoms with Gasteiger partial charge < -0.3 is 5.73 Å². The third-order valence-corrected chi connectivity index (χ3v) is 6.07. The maximum atomic E-state index is 12.8. The summed E-state index contributed by atoms with van der Waals surface area (Å²) in [5, 5.41) is 0. The number of hydrogen-bond acceptors (Lipinski definition) is 3. The summed E-state index contributed by atoms with van der Waals surface area (Å²) < 4.78 is 26.9. The Labute approximate surface area is 141 Å². The lowest BCUT2D eigenvalue weighted by Crippen LogP contribution is -2.35. The van der Waals surface area contributed by atoms with Crippen molar-refractivity contribution in [2.24, 2.45) is 11.7 Å². The van der Waals surface area contributed by atoms with Crippen molar-refractivity contribution in [1.82, 2.24) is 4.31 Å². The van der Waals surface area contributed by atoms with Gasteiger partial charge in [0.1, 0.15) is 0 Å². The zero-order valence-corrected chi connectivity index (χ0v) is 16.0. The van der Waals surface area contributed by atoms with E-state index in [1.165, 1.54) is 4.31 Å². The maximum absolute atomic E-state index is 12.8. The Morgan fingerprint density at radius 3 is 2.00 bits per heavy atom. The van der Waals surface area contributed by atoms with E-state index in [4.69, 9.17) is 5.73 Å². The van der Waals surface area contributed by atoms with Crippen LogP contribution in [0, 0.1) is 26.7 Å². The van der Waals surface area contributed by atoms with E-state index in [0.717, 1.165) is 16.7 Å². The molecule has 0 heterocycles. The summed E-state index contributed by atoms with van der Waals surface area (Å²) in [5.41, 5.74) is 8.68. The predicted octanol–water partition coefficient (Wildman–Crippen LogP) is 3.03. The fraction of sp³-hybridized carbons (Fsp3) is 0.625. The van der Waals surface area contributed by atoms with E-state index in [2.05, 4.69) is 0 Å². The van der Waals surface area contributed by atoms with Gasteiger partial charge in [0, 0.05) is 19.6 Å². The first-order valence-corrected chi connectivity index (χ1v) is 8.81. The van der Waals surface area contributed by atoms with Crippen molar-refractivity contribution in [3.8, 4) is 0 Å². The summed E-state index contributed by atoms with van der Waals surface area (Å²) in [5.74, 6) is 0.351. The summed E-state index contributed by atoms with van der Waals surface area (Å²) in [6.07, 6.45) is 0.664. The Bertz CT molecular complexity index is 577. The number of nitrogens with two attached hydrogens (primary N) is 1. The molecule has 1 aromatic carbocycles. The summed E-state index contributed by atoms with van der Waals surface area (Å²) in [4.78, 5) is 0.425. The third-order valence-electron chi connectivity index (χ3n) is 3.91. The van der Waals surface area contributed by atoms with Gasteiger partial charge in [-0.15, -0.1) is 12.4 Å². The molecular formula is C16H29ClN2O2S. The molecule has 1 rings (SSSR count). The average molecular weight is 349 g/mol. The van der Waals surface area contributed by atoms with Crippen molar-refractivity contribution in [3.63, 3.8) is 0 Å². The van der Waals surface area contributed by atoms with E-state index in [1.807, 2.05) is 46.8 Å². The molecule has 0 radical (unpaired) electrons. The number of aryl methyl sites for hydroxylation is 3. The molecule has 128 valence electrons. The van der Waals surface area contributed by atoms with Gasteiger partial charge in [-0.3, -0.25) is 0 Å². The summed E-state index contributed by atoms with van der Waals surface area (Å²) in [6.45, 7) is 10.2. The van der Waals surface area contributed by atoms with E-state index < -0.39 is 10.0 Å². The minimum absolute atomic E-state index is 0. The Kier molecular flexibility index (Phi) is 8.06. The number of hydrogen-bond donors (Lipinski definition) is 1. The Morgan fingerprint density at radius 2 is 1.59 bits per heavy atom. The van der Waals surface area contributed by atoms with E-state index in [-0.39, 0.29) is 18.4 Å². The first-order valence-electron chi connectivity index (χ1n) is 7.37. The molecule has 1 aromatic rings. The molecule has 0 fully saturated rings. The number of benzene rings is 1. The highest BCUT2D eigenvalue weighted by molar-refractivity contribution is 7.89. The van der Waals surface area contributed by atoms with Crippen LogP contribution in [0.25, 0.3) is 0 Å². The van der Waals surface area contributed by atoms with Crippen LogP contribution < -0.4 is 5.73 Å². The SMILES string of the molecule is Cc1cc(C)c(S(=O)(=O)N(C)CCC(N)C(C)C)c(C)c1.Cl. The van der Waals surface area contributed by atoms with Crippen molar-refractivity contribution < 1.29 is 8.42 Å². The Morgan fingerprint density at radius 1 is 1.14 bits per heavy atom. The molecular weight excluding hydrogens is 320 g/mol. The van der Waals surface area contributed by atoms with Gasteiger partial charge in [0.15, 0.2) is 0 Å². The lowest BCUT2D eigenvalue weighted by Gasteiger charge is -2.23. The number of nitrogens with zero attached hydrogens (tertiary/aromatic N) is 1. The summed E-state index contributed by atoms with van der Waals surface area (Å²) in [6, 6.07) is 3.84. The minimum atomic E-state index is -3.46. The normalized spacial score (nSPS) is 13.3. The average Bonchev–Trinajstić information content (AvgIpc) is 2.33. The largest absolute Gasteiger partial charge is 0.327 e. The molecule has 22 heavy (non-hydrogen) atoms. The third kappa shape index (κ3) is 4.95. The zero-order chi connectivity index (χ0) is 16.4. The van der Waals surface area contributed by atoms with Crippen LogP contribution in [-0.2, 0) is 10.0 Å². The van der Waals surface area contributed by atoms with Gasteiger partial charge in [0.05, 0.1) is 4.90 Å². The topological polar surface area (TPSA) is 63.4 Å². The monoisotopic (exact) mass is 348 g/mol. The quantitative estimate of drug-likeness (QED) is 0.859. The van der Waals surface area contributed by atoms with E-state index in [9.17, 15) is 8.42 Å². The molecule has 6 heteroatoms. The van der Waals surface area contributed by atoms with Crippen molar-refractivity contribution in [3.05, 3.63) is 28.8 Å². The van der Waals surface area contributed by atoms with Crippen LogP contribution in [0.5, 0.6) is 0 Å². The fourth-order valence-corrected chi connectivity index (χ4v) is 4.10. The van der Waals surface area contributed by atoms with E-state index in [0.29, 0.717) is 23.8 Å². The molecule has 0 aliphatic rings. The minimum Gasteiger partial charge on any atom is -0.327 e. The first kappa shape index (κ1) is 21.4. The second-order valence-corrected chi connectivity index (χ2v) is 8.23. The number of rotatable bonds is 6. The van der Waals surface area contributed by atoms with E-state index in [1.54, 1.807) is 7.05 Å². The van der Waals surface area contributed by atoms with Crippen LogP contribution in [-0.4, -0.2) is 32.4 Å². The van der Waals surface area contributed by atoms with Gasteiger partial charge >= 0.3 is 0 Å². The maximum Gasteiger partial charge on any atom is 0.243 e. The van der Waals surface area contributed by atoms with Crippen LogP contribution in [0.1, 0.15) is 37.0 Å². The first-order chi connectivity index (χ1) is 9.57. The van der Waals surface area contributed by atoms with Gasteiger partial charge in [-0.05, 0) is 44.2 Å². The predicted molar refractivity (Wildman–Crippen MR) is 95.1 cm³/mol. The van der Waals surface area contributed by atoms with Crippen molar-refractivity contribution >= 4 is 22.4 Å². The summed E-state index contributed by atoms with van der Waals surface area (Å²) >= 11 is 0. The lowest BCUT2D eigenvalue weighted by molar-refractivity contribution is 0.397. The highest BCUT2D eigenvalue weighted by atomic mass is 35.5. The molecule has 1 atom stereocenters. The summed E-state index contributed by atoms with van der Waals surface area (Å²) in [7, 11) is -1.83. The van der Waals surface area contributed by atoms with Crippen LogP contribution in [0.4, 0.5) is 0 Å². The molecule has 0 saturated carbocycles. The molecule has 0 aliphatic heterocycles. The van der Waals surface area contributed by atoms with Crippen LogP contribution >= 0.6 is 12.4 Å². The Balaban J connectivity index is 0.00000441. The fourth-order valence-electron chi connectivity index (χ4n) is 2.51. The molecule has 0 saturated heterocycles. The van der Waals surface area contributed by atoms with Crippen LogP contribution in [0.3, 0.4) is 0 Å². The smallest absolute Gasteiger partial charge is 0.243 e. The van der Waals surface area contributed by atoms with Gasteiger partial charge in [0.25, 0.3) is 0 Å². The Hall–Kier alpha value is -0.620. The standard InChI is InChI=1S/C16H28N2O2S.ClH/c1-11(2)15(17)7-8-18(6)21(19,20)16-13(4)9-12(3)10-14(16)5;/h9-11,15H,7-8,17H2,1-6H3;1H. The van der Waals surface area contributed by atoms with Gasteiger partial charge in [0.2, 0.25) is 10.0 Å². The van der Waals surface area contributed by atoms with Crippen LogP contribution in [0.2, 0.25) is 0 Å². The van der Waals surface area contributed by atoms with Gasteiger partial charge in [-0.25, -0.2) is 12.7 Å². The molecule has 2 N–H and O–H groups in total. The molecule has 0 aliphatic carbocycles. The van der Waals surface area contributed by atoms with Gasteiger partial charge in [-0.2, -0.15) is 0 Å². The van der Waals surface area contributed by atoms with Crippen LogP contribution in [0.15, 0.2) is 17.0 Å². The molecule has 0 bridgehead atoms. The van der Waals surface area contributed by atoms with Crippen molar-refractivity contribution in [1.29, 1.82) is 0 Å². The zero-order valence-electron chi connectivity index (χ0n) is 14.4. The molecule has 0 spiro atoms. The van der Waals surface area contributed by atoms with Crippen molar-refractivity contribution in [2.75, 3.05) is 13.6 Å². The highest BCUT2D eigenvalue weighted by Crippen LogP contribution is 2.24. The van der Waals surface area contributed by atoms with Gasteiger partial charge in [-0.1, -0.05) is 31.5 Å². The lowest BCUT2D eigenvalue weighted by atomic mass is 10.0. The molecule has 0 amide bonds. The van der Waals surface area contributed by atoms with E-state index >= 15 is 0 Å². The highest BCUT2D eigenvalue weighted by Gasteiger charge is 2.25. The molecule has 4 nitrogen and oxygen atoms in total. The van der Waals surface area contributed by atoms with Crippen molar-refractivity contribution in [2.45, 2.75) is 52.0 Å². The second kappa shape index (κ2) is 8.29. The molecule has 0 aromatic heterocycles. The number of sulfonamides is 1. The number of halogens is 1. The molecule has 1 unspecified atom stereocenters.